The first kappa shape index (κ1) is 20.7. The number of nitrogens with zero attached hydrogens (tertiary/aromatic N) is 4. The first-order chi connectivity index (χ1) is 12.8. The highest BCUT2D eigenvalue weighted by Crippen LogP contribution is 2.30. The standard InChI is InChI=1S/C15H22N4O5.CHNO/c1-4-5-6-18-12-9(13(22)17(3)15(18)23)19(7-16-12)14-11(21)10(20)8(2)24-14;2-1-3/h7-8,10-11,14,20-21H,4-6H2,1-3H3;2H. The third-order valence-corrected chi connectivity index (χ3v) is 4.54. The van der Waals surface area contributed by atoms with Crippen molar-refractivity contribution in [3.05, 3.63) is 27.2 Å². The van der Waals surface area contributed by atoms with E-state index in [4.69, 9.17) is 14.9 Å². The van der Waals surface area contributed by atoms with Crippen molar-refractivity contribution in [2.45, 2.75) is 57.8 Å². The van der Waals surface area contributed by atoms with Crippen LogP contribution in [0.5, 0.6) is 0 Å². The molecule has 148 valence electrons. The zero-order valence-corrected chi connectivity index (χ0v) is 15.3. The Balaban J connectivity index is 0.000000817. The number of aromatic nitrogens is 4. The van der Waals surface area contributed by atoms with Crippen LogP contribution < -0.4 is 11.2 Å². The van der Waals surface area contributed by atoms with Crippen LogP contribution in [-0.4, -0.2) is 53.3 Å². The molecule has 2 aromatic heterocycles. The van der Waals surface area contributed by atoms with Gasteiger partial charge in [0.1, 0.15) is 12.2 Å². The normalized spacial score (nSPS) is 24.5. The Morgan fingerprint density at radius 1 is 1.33 bits per heavy atom. The third kappa shape index (κ3) is 3.62. The smallest absolute Gasteiger partial charge is 0.332 e. The van der Waals surface area contributed by atoms with E-state index >= 15 is 0 Å². The number of fused-ring (bicyclic) bond motifs is 1. The van der Waals surface area contributed by atoms with Gasteiger partial charge in [0.2, 0.25) is 6.08 Å². The molecule has 0 aliphatic carbocycles. The van der Waals surface area contributed by atoms with Crippen molar-refractivity contribution in [1.29, 1.82) is 5.41 Å². The van der Waals surface area contributed by atoms with Gasteiger partial charge in [0.25, 0.3) is 5.56 Å². The number of aliphatic hydroxyl groups excluding tert-OH is 2. The van der Waals surface area contributed by atoms with Gasteiger partial charge in [-0.3, -0.25) is 18.5 Å². The largest absolute Gasteiger partial charge is 0.388 e. The molecule has 1 saturated heterocycles. The summed E-state index contributed by atoms with van der Waals surface area (Å²) in [5, 5.41) is 25.5. The fourth-order valence-corrected chi connectivity index (χ4v) is 3.04. The second-order valence-electron chi connectivity index (χ2n) is 6.29. The van der Waals surface area contributed by atoms with Crippen LogP contribution in [0.15, 0.2) is 15.9 Å². The first-order valence-electron chi connectivity index (χ1n) is 8.51. The monoisotopic (exact) mass is 381 g/mol. The molecule has 1 aliphatic rings. The van der Waals surface area contributed by atoms with Gasteiger partial charge in [0.05, 0.1) is 12.4 Å². The molecule has 0 spiro atoms. The SMILES string of the molecule is CCCCn1c(=O)n(C)c(=O)c2c1ncn2C1OC(C)C(O)C1O.N=C=O. The lowest BCUT2D eigenvalue weighted by Crippen LogP contribution is -2.39. The van der Waals surface area contributed by atoms with Crippen LogP contribution in [0, 0.1) is 5.41 Å². The molecule has 1 aliphatic heterocycles. The Bertz CT molecular complexity index is 955. The van der Waals surface area contributed by atoms with E-state index in [-0.39, 0.29) is 11.2 Å². The summed E-state index contributed by atoms with van der Waals surface area (Å²) in [4.78, 5) is 37.5. The predicted octanol–water partition coefficient (Wildman–Crippen LogP) is -0.763. The van der Waals surface area contributed by atoms with Gasteiger partial charge in [0.15, 0.2) is 17.4 Å². The van der Waals surface area contributed by atoms with Crippen molar-refractivity contribution in [2.75, 3.05) is 0 Å². The van der Waals surface area contributed by atoms with E-state index < -0.39 is 35.8 Å². The Hall–Kier alpha value is -2.59. The molecular weight excluding hydrogens is 358 g/mol. The van der Waals surface area contributed by atoms with Crippen molar-refractivity contribution in [1.82, 2.24) is 18.7 Å². The first-order valence-corrected chi connectivity index (χ1v) is 8.51. The minimum atomic E-state index is -1.18. The number of hydrogen-bond acceptors (Lipinski definition) is 8. The van der Waals surface area contributed by atoms with E-state index in [2.05, 4.69) is 4.98 Å². The molecule has 4 unspecified atom stereocenters. The highest BCUT2D eigenvalue weighted by Gasteiger charge is 2.42. The number of carbonyl (C=O) groups excluding carboxylic acids is 1. The number of rotatable bonds is 4. The van der Waals surface area contributed by atoms with Crippen LogP contribution in [0.2, 0.25) is 0 Å². The highest BCUT2D eigenvalue weighted by molar-refractivity contribution is 5.70. The van der Waals surface area contributed by atoms with Gasteiger partial charge >= 0.3 is 5.69 Å². The van der Waals surface area contributed by atoms with Crippen LogP contribution in [0.3, 0.4) is 0 Å². The van der Waals surface area contributed by atoms with Crippen LogP contribution in [-0.2, 0) is 23.1 Å². The predicted molar refractivity (Wildman–Crippen MR) is 94.2 cm³/mol. The van der Waals surface area contributed by atoms with Crippen molar-refractivity contribution in [2.24, 2.45) is 7.05 Å². The molecular formula is C16H23N5O6. The molecule has 11 heteroatoms. The molecule has 0 saturated carbocycles. The summed E-state index contributed by atoms with van der Waals surface area (Å²) in [6.45, 7) is 4.10. The minimum Gasteiger partial charge on any atom is -0.388 e. The zero-order valence-electron chi connectivity index (χ0n) is 15.3. The maximum Gasteiger partial charge on any atom is 0.332 e. The van der Waals surface area contributed by atoms with E-state index in [0.717, 1.165) is 23.5 Å². The molecule has 3 N–H and O–H groups in total. The van der Waals surface area contributed by atoms with Crippen LogP contribution >= 0.6 is 0 Å². The van der Waals surface area contributed by atoms with Gasteiger partial charge in [-0.25, -0.2) is 20.0 Å². The molecule has 0 bridgehead atoms. The average Bonchev–Trinajstić information content (AvgIpc) is 3.17. The summed E-state index contributed by atoms with van der Waals surface area (Å²) in [6.07, 6.45) is 0.0546. The quantitative estimate of drug-likeness (QED) is 0.465. The summed E-state index contributed by atoms with van der Waals surface area (Å²) in [5.74, 6) is 0. The Kier molecular flexibility index (Phi) is 6.45. The lowest BCUT2D eigenvalue weighted by Gasteiger charge is -2.17. The number of unbranched alkanes of at least 4 members (excludes halogenated alkanes) is 1. The lowest BCUT2D eigenvalue weighted by molar-refractivity contribution is -0.0298. The van der Waals surface area contributed by atoms with Crippen molar-refractivity contribution < 1.29 is 19.7 Å². The number of aliphatic hydroxyl groups is 2. The molecule has 27 heavy (non-hydrogen) atoms. The number of imidazole rings is 1. The number of hydrogen-bond donors (Lipinski definition) is 3. The summed E-state index contributed by atoms with van der Waals surface area (Å²) in [6, 6.07) is 0. The Labute approximate surface area is 153 Å². The number of isocyanates is 1. The fourth-order valence-electron chi connectivity index (χ4n) is 3.04. The molecule has 2 aromatic rings. The maximum absolute atomic E-state index is 12.6. The molecule has 0 aromatic carbocycles. The van der Waals surface area contributed by atoms with E-state index in [0.29, 0.717) is 6.54 Å². The second kappa shape index (κ2) is 8.40. The molecule has 0 amide bonds. The lowest BCUT2D eigenvalue weighted by atomic mass is 10.1. The van der Waals surface area contributed by atoms with Crippen LogP contribution in [0.25, 0.3) is 11.2 Å². The van der Waals surface area contributed by atoms with Crippen molar-refractivity contribution in [3.8, 4) is 0 Å². The number of ether oxygens (including phenoxy) is 1. The van der Waals surface area contributed by atoms with Gasteiger partial charge in [-0.05, 0) is 13.3 Å². The van der Waals surface area contributed by atoms with Gasteiger partial charge in [-0.2, -0.15) is 0 Å². The average molecular weight is 381 g/mol. The topological polar surface area (TPSA) is 152 Å². The maximum atomic E-state index is 12.6. The Morgan fingerprint density at radius 2 is 1.96 bits per heavy atom. The summed E-state index contributed by atoms with van der Waals surface area (Å²) >= 11 is 0. The molecule has 0 radical (unpaired) electrons. The molecule has 11 nitrogen and oxygen atoms in total. The van der Waals surface area contributed by atoms with Crippen LogP contribution in [0.1, 0.15) is 32.9 Å². The van der Waals surface area contributed by atoms with Gasteiger partial charge in [-0.15, -0.1) is 0 Å². The van der Waals surface area contributed by atoms with E-state index in [9.17, 15) is 19.8 Å². The molecule has 4 atom stereocenters. The van der Waals surface area contributed by atoms with Crippen molar-refractivity contribution in [3.63, 3.8) is 0 Å². The second-order valence-corrected chi connectivity index (χ2v) is 6.29. The van der Waals surface area contributed by atoms with Gasteiger partial charge in [-0.1, -0.05) is 13.3 Å². The van der Waals surface area contributed by atoms with Gasteiger partial charge in [0, 0.05) is 13.6 Å². The summed E-state index contributed by atoms with van der Waals surface area (Å²) in [5.41, 5.74) is -0.488. The summed E-state index contributed by atoms with van der Waals surface area (Å²) < 4.78 is 9.45. The van der Waals surface area contributed by atoms with E-state index in [1.54, 1.807) is 6.92 Å². The van der Waals surface area contributed by atoms with Crippen molar-refractivity contribution >= 4 is 17.2 Å². The summed E-state index contributed by atoms with van der Waals surface area (Å²) in [7, 11) is 1.41. The minimum absolute atomic E-state index is 0.179. The molecule has 1 fully saturated rings. The third-order valence-electron chi connectivity index (χ3n) is 4.54. The van der Waals surface area contributed by atoms with Gasteiger partial charge < -0.3 is 14.9 Å². The highest BCUT2D eigenvalue weighted by atomic mass is 16.6. The number of nitrogens with one attached hydrogen (secondary N) is 1. The molecule has 3 rings (SSSR count). The van der Waals surface area contributed by atoms with Crippen LogP contribution in [0.4, 0.5) is 0 Å². The Morgan fingerprint density at radius 3 is 2.48 bits per heavy atom. The zero-order chi connectivity index (χ0) is 20.3. The van der Waals surface area contributed by atoms with E-state index in [1.165, 1.54) is 22.5 Å². The fraction of sp³-hybridized carbons (Fsp3) is 0.625. The number of aryl methyl sites for hydroxylation is 1. The molecule has 3 heterocycles. The van der Waals surface area contributed by atoms with E-state index in [1.807, 2.05) is 6.92 Å².